The lowest BCUT2D eigenvalue weighted by Crippen LogP contribution is -2.42. The summed E-state index contributed by atoms with van der Waals surface area (Å²) in [6.07, 6.45) is 1.94. The summed E-state index contributed by atoms with van der Waals surface area (Å²) in [6.45, 7) is 2.45. The molecule has 5 heteroatoms. The number of carbonyl (C=O) groups is 2. The van der Waals surface area contributed by atoms with Crippen LogP contribution >= 0.6 is 0 Å². The van der Waals surface area contributed by atoms with E-state index in [0.717, 1.165) is 17.5 Å². The Hall–Kier alpha value is -2.69. The molecule has 1 N–H and O–H groups in total. The van der Waals surface area contributed by atoms with Gasteiger partial charge in [-0.25, -0.2) is 4.39 Å². The van der Waals surface area contributed by atoms with Crippen LogP contribution < -0.4 is 5.32 Å². The van der Waals surface area contributed by atoms with Crippen LogP contribution in [0.25, 0.3) is 11.1 Å². The standard InChI is InChI=1S/C20H21FN2O2/c1-2-19(24)23-12-4-7-18(23)20(25)22-17-6-3-5-15(13-17)14-8-10-16(21)11-9-14/h3,5-6,8-11,13,18H,2,4,7,12H2,1H3,(H,22,25). The number of benzene rings is 2. The number of anilines is 1. The van der Waals surface area contributed by atoms with Crippen molar-refractivity contribution in [1.82, 2.24) is 4.90 Å². The highest BCUT2D eigenvalue weighted by molar-refractivity contribution is 5.98. The zero-order valence-electron chi connectivity index (χ0n) is 14.2. The molecule has 2 amide bonds. The summed E-state index contributed by atoms with van der Waals surface area (Å²) < 4.78 is 13.1. The molecule has 0 aliphatic carbocycles. The number of rotatable bonds is 4. The molecule has 1 aliphatic rings. The van der Waals surface area contributed by atoms with E-state index in [0.29, 0.717) is 25.1 Å². The Balaban J connectivity index is 1.74. The van der Waals surface area contributed by atoms with E-state index in [1.165, 1.54) is 12.1 Å². The Morgan fingerprint density at radius 2 is 1.92 bits per heavy atom. The molecule has 0 bridgehead atoms. The van der Waals surface area contributed by atoms with Gasteiger partial charge in [0.15, 0.2) is 0 Å². The van der Waals surface area contributed by atoms with Crippen LogP contribution in [0, 0.1) is 5.82 Å². The van der Waals surface area contributed by atoms with Crippen molar-refractivity contribution in [2.24, 2.45) is 0 Å². The van der Waals surface area contributed by atoms with Gasteiger partial charge in [-0.3, -0.25) is 9.59 Å². The number of hydrogen-bond acceptors (Lipinski definition) is 2. The molecule has 1 atom stereocenters. The molecule has 2 aromatic carbocycles. The maximum Gasteiger partial charge on any atom is 0.247 e. The summed E-state index contributed by atoms with van der Waals surface area (Å²) in [5.74, 6) is -0.427. The van der Waals surface area contributed by atoms with Crippen molar-refractivity contribution in [3.8, 4) is 11.1 Å². The first-order valence-corrected chi connectivity index (χ1v) is 8.55. The van der Waals surface area contributed by atoms with E-state index in [1.807, 2.05) is 31.2 Å². The minimum atomic E-state index is -0.401. The number of hydrogen-bond donors (Lipinski definition) is 1. The minimum absolute atomic E-state index is 0.0118. The molecule has 1 aliphatic heterocycles. The molecule has 0 spiro atoms. The van der Waals surface area contributed by atoms with Gasteiger partial charge in [0.25, 0.3) is 0 Å². The van der Waals surface area contributed by atoms with Crippen molar-refractivity contribution >= 4 is 17.5 Å². The van der Waals surface area contributed by atoms with Gasteiger partial charge in [-0.15, -0.1) is 0 Å². The average molecular weight is 340 g/mol. The van der Waals surface area contributed by atoms with Crippen molar-refractivity contribution in [2.75, 3.05) is 11.9 Å². The molecule has 1 heterocycles. The van der Waals surface area contributed by atoms with Gasteiger partial charge in [0.1, 0.15) is 11.9 Å². The van der Waals surface area contributed by atoms with Crippen LogP contribution in [0.3, 0.4) is 0 Å². The molecule has 0 saturated carbocycles. The van der Waals surface area contributed by atoms with E-state index in [1.54, 1.807) is 17.0 Å². The molecule has 1 fully saturated rings. The highest BCUT2D eigenvalue weighted by Crippen LogP contribution is 2.24. The lowest BCUT2D eigenvalue weighted by atomic mass is 10.0. The molecule has 130 valence electrons. The molecule has 4 nitrogen and oxygen atoms in total. The zero-order chi connectivity index (χ0) is 17.8. The van der Waals surface area contributed by atoms with Crippen LogP contribution in [0.4, 0.5) is 10.1 Å². The maximum atomic E-state index is 13.1. The maximum absolute atomic E-state index is 13.1. The van der Waals surface area contributed by atoms with E-state index in [9.17, 15) is 14.0 Å². The second-order valence-corrected chi connectivity index (χ2v) is 6.18. The monoisotopic (exact) mass is 340 g/mol. The molecule has 0 aromatic heterocycles. The highest BCUT2D eigenvalue weighted by Gasteiger charge is 2.33. The largest absolute Gasteiger partial charge is 0.331 e. The van der Waals surface area contributed by atoms with Gasteiger partial charge in [0, 0.05) is 18.7 Å². The van der Waals surface area contributed by atoms with Crippen LogP contribution in [-0.2, 0) is 9.59 Å². The Bertz CT molecular complexity index is 774. The van der Waals surface area contributed by atoms with Crippen LogP contribution in [0.2, 0.25) is 0 Å². The lowest BCUT2D eigenvalue weighted by Gasteiger charge is -2.23. The SMILES string of the molecule is CCC(=O)N1CCCC1C(=O)Nc1cccc(-c2ccc(F)cc2)c1. The molecular weight excluding hydrogens is 319 g/mol. The molecule has 0 radical (unpaired) electrons. The van der Waals surface area contributed by atoms with Crippen molar-refractivity contribution in [3.05, 3.63) is 54.3 Å². The van der Waals surface area contributed by atoms with E-state index < -0.39 is 6.04 Å². The first-order chi connectivity index (χ1) is 12.1. The quantitative estimate of drug-likeness (QED) is 0.919. The third-order valence-electron chi connectivity index (χ3n) is 4.49. The van der Waals surface area contributed by atoms with Crippen LogP contribution in [0.1, 0.15) is 26.2 Å². The van der Waals surface area contributed by atoms with Crippen molar-refractivity contribution in [3.63, 3.8) is 0 Å². The number of amides is 2. The summed E-state index contributed by atoms with van der Waals surface area (Å²) in [7, 11) is 0. The molecule has 2 aromatic rings. The predicted octanol–water partition coefficient (Wildman–Crippen LogP) is 3.83. The lowest BCUT2D eigenvalue weighted by molar-refractivity contribution is -0.136. The van der Waals surface area contributed by atoms with E-state index in [4.69, 9.17) is 0 Å². The Morgan fingerprint density at radius 1 is 1.16 bits per heavy atom. The number of halogens is 1. The normalized spacial score (nSPS) is 16.7. The fraction of sp³-hybridized carbons (Fsp3) is 0.300. The third kappa shape index (κ3) is 3.87. The summed E-state index contributed by atoms with van der Waals surface area (Å²) in [4.78, 5) is 26.2. The van der Waals surface area contributed by atoms with Crippen molar-refractivity contribution in [2.45, 2.75) is 32.2 Å². The molecule has 3 rings (SSSR count). The van der Waals surface area contributed by atoms with E-state index >= 15 is 0 Å². The fourth-order valence-corrected chi connectivity index (χ4v) is 3.19. The highest BCUT2D eigenvalue weighted by atomic mass is 19.1. The summed E-state index contributed by atoms with van der Waals surface area (Å²) >= 11 is 0. The Morgan fingerprint density at radius 3 is 2.64 bits per heavy atom. The topological polar surface area (TPSA) is 49.4 Å². The zero-order valence-corrected chi connectivity index (χ0v) is 14.2. The first kappa shape index (κ1) is 17.1. The minimum Gasteiger partial charge on any atom is -0.331 e. The number of likely N-dealkylation sites (tertiary alicyclic amines) is 1. The van der Waals surface area contributed by atoms with Gasteiger partial charge < -0.3 is 10.2 Å². The van der Waals surface area contributed by atoms with E-state index in [2.05, 4.69) is 5.32 Å². The van der Waals surface area contributed by atoms with Crippen LogP contribution in [-0.4, -0.2) is 29.3 Å². The van der Waals surface area contributed by atoms with Crippen molar-refractivity contribution in [1.29, 1.82) is 0 Å². The van der Waals surface area contributed by atoms with E-state index in [-0.39, 0.29) is 17.6 Å². The second-order valence-electron chi connectivity index (χ2n) is 6.18. The Labute approximate surface area is 146 Å². The van der Waals surface area contributed by atoms with Gasteiger partial charge in [-0.1, -0.05) is 31.2 Å². The summed E-state index contributed by atoms with van der Waals surface area (Å²) in [5, 5.41) is 2.91. The second kappa shape index (κ2) is 7.47. The van der Waals surface area contributed by atoms with Crippen LogP contribution in [0.15, 0.2) is 48.5 Å². The molecule has 1 unspecified atom stereocenters. The summed E-state index contributed by atoms with van der Waals surface area (Å²) in [5.41, 5.74) is 2.44. The molecule has 25 heavy (non-hydrogen) atoms. The molecule has 1 saturated heterocycles. The molecular formula is C20H21FN2O2. The fourth-order valence-electron chi connectivity index (χ4n) is 3.19. The average Bonchev–Trinajstić information content (AvgIpc) is 3.12. The first-order valence-electron chi connectivity index (χ1n) is 8.55. The number of nitrogens with one attached hydrogen (secondary N) is 1. The number of nitrogens with zero attached hydrogens (tertiary/aromatic N) is 1. The van der Waals surface area contributed by atoms with Gasteiger partial charge >= 0.3 is 0 Å². The van der Waals surface area contributed by atoms with Gasteiger partial charge in [0.05, 0.1) is 0 Å². The van der Waals surface area contributed by atoms with Gasteiger partial charge in [-0.05, 0) is 48.2 Å². The smallest absolute Gasteiger partial charge is 0.247 e. The Kier molecular flexibility index (Phi) is 5.12. The predicted molar refractivity (Wildman–Crippen MR) is 95.5 cm³/mol. The van der Waals surface area contributed by atoms with Gasteiger partial charge in [-0.2, -0.15) is 0 Å². The number of carbonyl (C=O) groups excluding carboxylic acids is 2. The van der Waals surface area contributed by atoms with Crippen molar-refractivity contribution < 1.29 is 14.0 Å². The summed E-state index contributed by atoms with van der Waals surface area (Å²) in [6, 6.07) is 13.2. The third-order valence-corrected chi connectivity index (χ3v) is 4.49. The van der Waals surface area contributed by atoms with Gasteiger partial charge in [0.2, 0.25) is 11.8 Å². The van der Waals surface area contributed by atoms with Crippen LogP contribution in [0.5, 0.6) is 0 Å².